The van der Waals surface area contributed by atoms with Crippen molar-refractivity contribution in [2.45, 2.75) is 6.92 Å². The molecule has 2 amide bonds. The Hall–Kier alpha value is -3.06. The van der Waals surface area contributed by atoms with Gasteiger partial charge in [-0.15, -0.1) is 11.3 Å². The Kier molecular flexibility index (Phi) is 4.45. The van der Waals surface area contributed by atoms with Crippen LogP contribution < -0.4 is 20.1 Å². The number of hydrogen-bond acceptors (Lipinski definition) is 5. The van der Waals surface area contributed by atoms with Gasteiger partial charge < -0.3 is 14.8 Å². The standard InChI is InChI=1S/C19H17N3O3S/c1-12-4-2-3-5-14(12)20-18(23)22-19-21-15(11-26-19)13-6-7-16-17(10-13)25-9-8-24-16/h2-7,10-11H,8-9H2,1H3,(H2,20,21,22,23). The molecule has 1 aromatic heterocycles. The second kappa shape index (κ2) is 7.05. The van der Waals surface area contributed by atoms with Crippen molar-refractivity contribution in [1.82, 2.24) is 4.98 Å². The Morgan fingerprint density at radius 1 is 1.08 bits per heavy atom. The second-order valence-electron chi connectivity index (χ2n) is 5.79. The molecule has 4 rings (SSSR count). The Labute approximate surface area is 154 Å². The highest BCUT2D eigenvalue weighted by Crippen LogP contribution is 2.35. The van der Waals surface area contributed by atoms with Crippen LogP contribution in [-0.4, -0.2) is 24.2 Å². The van der Waals surface area contributed by atoms with Crippen LogP contribution in [0.3, 0.4) is 0 Å². The molecule has 0 saturated heterocycles. The Bertz CT molecular complexity index is 955. The number of amides is 2. The number of ether oxygens (including phenoxy) is 2. The molecule has 2 heterocycles. The van der Waals surface area contributed by atoms with Gasteiger partial charge in [-0.25, -0.2) is 9.78 Å². The van der Waals surface area contributed by atoms with Gasteiger partial charge in [0.2, 0.25) is 0 Å². The second-order valence-corrected chi connectivity index (χ2v) is 6.65. The summed E-state index contributed by atoms with van der Waals surface area (Å²) < 4.78 is 11.1. The summed E-state index contributed by atoms with van der Waals surface area (Å²) in [4.78, 5) is 16.7. The first-order valence-corrected chi connectivity index (χ1v) is 9.06. The molecule has 0 radical (unpaired) electrons. The molecule has 6 nitrogen and oxygen atoms in total. The van der Waals surface area contributed by atoms with Gasteiger partial charge in [0, 0.05) is 16.6 Å². The minimum absolute atomic E-state index is 0.317. The molecule has 132 valence electrons. The van der Waals surface area contributed by atoms with Gasteiger partial charge in [0.05, 0.1) is 5.69 Å². The summed E-state index contributed by atoms with van der Waals surface area (Å²) in [6.45, 7) is 3.05. The third-order valence-electron chi connectivity index (χ3n) is 3.96. The van der Waals surface area contributed by atoms with E-state index in [4.69, 9.17) is 9.47 Å². The molecule has 0 atom stereocenters. The van der Waals surface area contributed by atoms with Gasteiger partial charge in [-0.05, 0) is 36.8 Å². The Morgan fingerprint density at radius 3 is 2.73 bits per heavy atom. The zero-order valence-electron chi connectivity index (χ0n) is 14.1. The number of hydrogen-bond donors (Lipinski definition) is 2. The van der Waals surface area contributed by atoms with E-state index in [1.807, 2.05) is 54.8 Å². The van der Waals surface area contributed by atoms with Crippen molar-refractivity contribution < 1.29 is 14.3 Å². The number of benzene rings is 2. The molecule has 0 unspecified atom stereocenters. The molecule has 1 aliphatic heterocycles. The van der Waals surface area contributed by atoms with Crippen LogP contribution in [0, 0.1) is 6.92 Å². The molecule has 1 aliphatic rings. The lowest BCUT2D eigenvalue weighted by molar-refractivity contribution is 0.171. The van der Waals surface area contributed by atoms with Crippen molar-refractivity contribution in [1.29, 1.82) is 0 Å². The SMILES string of the molecule is Cc1ccccc1NC(=O)Nc1nc(-c2ccc3c(c2)OCCO3)cs1. The van der Waals surface area contributed by atoms with Crippen LogP contribution in [0.4, 0.5) is 15.6 Å². The first-order chi connectivity index (χ1) is 12.7. The van der Waals surface area contributed by atoms with E-state index in [-0.39, 0.29) is 6.03 Å². The van der Waals surface area contributed by atoms with Crippen LogP contribution in [0.25, 0.3) is 11.3 Å². The van der Waals surface area contributed by atoms with Gasteiger partial charge in [-0.2, -0.15) is 0 Å². The molecule has 3 aromatic rings. The van der Waals surface area contributed by atoms with Crippen molar-refractivity contribution in [2.24, 2.45) is 0 Å². The number of fused-ring (bicyclic) bond motifs is 1. The molecule has 7 heteroatoms. The van der Waals surface area contributed by atoms with Crippen molar-refractivity contribution in [3.63, 3.8) is 0 Å². The molecule has 0 fully saturated rings. The van der Waals surface area contributed by atoms with Crippen molar-refractivity contribution in [3.05, 3.63) is 53.4 Å². The van der Waals surface area contributed by atoms with Crippen LogP contribution in [0.1, 0.15) is 5.56 Å². The number of urea groups is 1. The summed E-state index contributed by atoms with van der Waals surface area (Å²) in [5.41, 5.74) is 3.46. The normalized spacial score (nSPS) is 12.5. The van der Waals surface area contributed by atoms with Crippen LogP contribution >= 0.6 is 11.3 Å². The number of thiazole rings is 1. The number of carbonyl (C=O) groups excluding carboxylic acids is 1. The van der Waals surface area contributed by atoms with Crippen LogP contribution in [0.15, 0.2) is 47.8 Å². The molecule has 0 bridgehead atoms. The third kappa shape index (κ3) is 3.48. The van der Waals surface area contributed by atoms with Gasteiger partial charge >= 0.3 is 6.03 Å². The van der Waals surface area contributed by atoms with E-state index in [2.05, 4.69) is 15.6 Å². The van der Waals surface area contributed by atoms with Crippen molar-refractivity contribution in [2.75, 3.05) is 23.8 Å². The highest BCUT2D eigenvalue weighted by atomic mass is 32.1. The average molecular weight is 367 g/mol. The van der Waals surface area contributed by atoms with E-state index in [0.717, 1.165) is 28.3 Å². The predicted molar refractivity (Wildman–Crippen MR) is 102 cm³/mol. The molecule has 0 aliphatic carbocycles. The molecular weight excluding hydrogens is 350 g/mol. The molecular formula is C19H17N3O3S. The number of para-hydroxylation sites is 1. The van der Waals surface area contributed by atoms with Crippen molar-refractivity contribution >= 4 is 28.2 Å². The first kappa shape index (κ1) is 16.4. The van der Waals surface area contributed by atoms with Crippen LogP contribution in [0.5, 0.6) is 11.5 Å². The number of aryl methyl sites for hydroxylation is 1. The van der Waals surface area contributed by atoms with Gasteiger partial charge in [-0.1, -0.05) is 18.2 Å². The number of aromatic nitrogens is 1. The highest BCUT2D eigenvalue weighted by molar-refractivity contribution is 7.14. The van der Waals surface area contributed by atoms with Gasteiger partial charge in [-0.3, -0.25) is 5.32 Å². The van der Waals surface area contributed by atoms with E-state index in [9.17, 15) is 4.79 Å². The maximum absolute atomic E-state index is 12.2. The lowest BCUT2D eigenvalue weighted by atomic mass is 10.1. The Morgan fingerprint density at radius 2 is 1.88 bits per heavy atom. The largest absolute Gasteiger partial charge is 0.486 e. The minimum Gasteiger partial charge on any atom is -0.486 e. The minimum atomic E-state index is -0.317. The van der Waals surface area contributed by atoms with Crippen LogP contribution in [-0.2, 0) is 0 Å². The monoisotopic (exact) mass is 367 g/mol. The van der Waals surface area contributed by atoms with Crippen LogP contribution in [0.2, 0.25) is 0 Å². The molecule has 0 spiro atoms. The van der Waals surface area contributed by atoms with Crippen molar-refractivity contribution in [3.8, 4) is 22.8 Å². The maximum Gasteiger partial charge on any atom is 0.325 e. The van der Waals surface area contributed by atoms with E-state index < -0.39 is 0 Å². The average Bonchev–Trinajstić information content (AvgIpc) is 3.11. The zero-order chi connectivity index (χ0) is 17.9. The summed E-state index contributed by atoms with van der Waals surface area (Å²) in [7, 11) is 0. The fraction of sp³-hybridized carbons (Fsp3) is 0.158. The quantitative estimate of drug-likeness (QED) is 0.713. The summed E-state index contributed by atoms with van der Waals surface area (Å²) in [5, 5.41) is 8.03. The third-order valence-corrected chi connectivity index (χ3v) is 4.71. The summed E-state index contributed by atoms with van der Waals surface area (Å²) in [5.74, 6) is 1.46. The lowest BCUT2D eigenvalue weighted by Crippen LogP contribution is -2.19. The fourth-order valence-electron chi connectivity index (χ4n) is 2.63. The van der Waals surface area contributed by atoms with E-state index in [0.29, 0.717) is 24.1 Å². The summed E-state index contributed by atoms with van der Waals surface area (Å²) in [6, 6.07) is 13.0. The number of rotatable bonds is 3. The predicted octanol–water partition coefficient (Wildman–Crippen LogP) is 4.53. The van der Waals surface area contributed by atoms with Gasteiger partial charge in [0.15, 0.2) is 16.6 Å². The smallest absolute Gasteiger partial charge is 0.325 e. The van der Waals surface area contributed by atoms with E-state index in [1.165, 1.54) is 11.3 Å². The molecule has 0 saturated carbocycles. The first-order valence-electron chi connectivity index (χ1n) is 8.18. The molecule has 2 aromatic carbocycles. The lowest BCUT2D eigenvalue weighted by Gasteiger charge is -2.18. The number of nitrogens with zero attached hydrogens (tertiary/aromatic N) is 1. The summed E-state index contributed by atoms with van der Waals surface area (Å²) in [6.07, 6.45) is 0. The van der Waals surface area contributed by atoms with Gasteiger partial charge in [0.25, 0.3) is 0 Å². The van der Waals surface area contributed by atoms with E-state index >= 15 is 0 Å². The molecule has 2 N–H and O–H groups in total. The summed E-state index contributed by atoms with van der Waals surface area (Å²) >= 11 is 1.37. The van der Waals surface area contributed by atoms with Gasteiger partial charge in [0.1, 0.15) is 13.2 Å². The number of anilines is 2. The number of nitrogens with one attached hydrogen (secondary N) is 2. The maximum atomic E-state index is 12.2. The molecule has 26 heavy (non-hydrogen) atoms. The Balaban J connectivity index is 1.46. The fourth-order valence-corrected chi connectivity index (χ4v) is 3.34. The topological polar surface area (TPSA) is 72.5 Å². The highest BCUT2D eigenvalue weighted by Gasteiger charge is 2.14. The zero-order valence-corrected chi connectivity index (χ0v) is 14.9. The number of carbonyl (C=O) groups is 1. The van der Waals surface area contributed by atoms with E-state index in [1.54, 1.807) is 0 Å².